The van der Waals surface area contributed by atoms with Gasteiger partial charge in [-0.1, -0.05) is 5.16 Å². The molecule has 0 radical (unpaired) electrons. The highest BCUT2D eigenvalue weighted by Crippen LogP contribution is 2.43. The van der Waals surface area contributed by atoms with Crippen molar-refractivity contribution < 1.29 is 23.5 Å². The van der Waals surface area contributed by atoms with E-state index in [1.165, 1.54) is 14.2 Å². The van der Waals surface area contributed by atoms with Crippen LogP contribution in [0.2, 0.25) is 0 Å². The molecule has 0 saturated carbocycles. The molecule has 0 saturated heterocycles. The lowest BCUT2D eigenvalue weighted by atomic mass is 10.1. The molecule has 8 heteroatoms. The summed E-state index contributed by atoms with van der Waals surface area (Å²) in [7, 11) is 4.63. The Hall–Kier alpha value is -3.29. The maximum atomic E-state index is 5.68. The third kappa shape index (κ3) is 3.39. The first-order valence-electron chi connectivity index (χ1n) is 7.84. The van der Waals surface area contributed by atoms with Crippen LogP contribution >= 0.6 is 0 Å². The smallest absolute Gasteiger partial charge is 0.264 e. The zero-order chi connectivity index (χ0) is 18.5. The first-order chi connectivity index (χ1) is 12.7. The van der Waals surface area contributed by atoms with Gasteiger partial charge in [-0.3, -0.25) is 4.98 Å². The number of hydrogen-bond donors (Lipinski definition) is 0. The summed E-state index contributed by atoms with van der Waals surface area (Å²) in [6, 6.07) is 7.16. The fourth-order valence-electron chi connectivity index (χ4n) is 2.46. The number of aryl methyl sites for hydroxylation is 1. The first-order valence-corrected chi connectivity index (χ1v) is 7.84. The molecule has 1 aromatic carbocycles. The van der Waals surface area contributed by atoms with Gasteiger partial charge >= 0.3 is 0 Å². The Bertz CT molecular complexity index is 894. The quantitative estimate of drug-likeness (QED) is 0.637. The van der Waals surface area contributed by atoms with Crippen molar-refractivity contribution in [3.8, 4) is 34.4 Å². The molecule has 136 valence electrons. The molecular weight excluding hydrogens is 338 g/mol. The molecule has 8 nitrogen and oxygen atoms in total. The molecule has 0 atom stereocenters. The average molecular weight is 357 g/mol. The standard InChI is InChI=1S/C18H19N3O5/c1-11-13(6-5-9-19-11)25-10-15-20-18(21-26-15)12-7-8-14(22-2)17(24-4)16(12)23-3/h5-9H,10H2,1-4H3. The largest absolute Gasteiger partial charge is 0.493 e. The van der Waals surface area contributed by atoms with E-state index in [9.17, 15) is 0 Å². The Morgan fingerprint density at radius 3 is 2.46 bits per heavy atom. The summed E-state index contributed by atoms with van der Waals surface area (Å²) in [5, 5.41) is 4.00. The zero-order valence-electron chi connectivity index (χ0n) is 15.0. The number of aromatic nitrogens is 3. The van der Waals surface area contributed by atoms with E-state index in [2.05, 4.69) is 15.1 Å². The maximum absolute atomic E-state index is 5.68. The van der Waals surface area contributed by atoms with Gasteiger partial charge in [0.25, 0.3) is 5.89 Å². The van der Waals surface area contributed by atoms with Gasteiger partial charge in [-0.25, -0.2) is 0 Å². The van der Waals surface area contributed by atoms with Gasteiger partial charge in [0.05, 0.1) is 32.6 Å². The predicted molar refractivity (Wildman–Crippen MR) is 92.7 cm³/mol. The number of ether oxygens (including phenoxy) is 4. The third-order valence-corrected chi connectivity index (χ3v) is 3.72. The Kier molecular flexibility index (Phi) is 5.21. The molecule has 0 unspecified atom stereocenters. The normalized spacial score (nSPS) is 10.5. The maximum Gasteiger partial charge on any atom is 0.264 e. The molecule has 0 amide bonds. The molecule has 0 bridgehead atoms. The minimum absolute atomic E-state index is 0.134. The molecule has 0 N–H and O–H groups in total. The number of benzene rings is 1. The Morgan fingerprint density at radius 2 is 1.77 bits per heavy atom. The van der Waals surface area contributed by atoms with Gasteiger partial charge in [0.15, 0.2) is 18.1 Å². The van der Waals surface area contributed by atoms with Crippen molar-refractivity contribution in [2.45, 2.75) is 13.5 Å². The van der Waals surface area contributed by atoms with E-state index in [1.807, 2.05) is 13.0 Å². The molecule has 0 fully saturated rings. The molecule has 26 heavy (non-hydrogen) atoms. The molecule has 0 spiro atoms. The summed E-state index contributed by atoms with van der Waals surface area (Å²) in [4.78, 5) is 8.53. The van der Waals surface area contributed by atoms with Crippen molar-refractivity contribution in [1.29, 1.82) is 0 Å². The highest BCUT2D eigenvalue weighted by atomic mass is 16.5. The second-order valence-electron chi connectivity index (χ2n) is 5.27. The summed E-state index contributed by atoms with van der Waals surface area (Å²) in [5.41, 5.74) is 1.41. The topological polar surface area (TPSA) is 88.7 Å². The molecular formula is C18H19N3O5. The predicted octanol–water partition coefficient (Wildman–Crippen LogP) is 3.04. The molecule has 0 aliphatic heterocycles. The molecule has 2 aromatic heterocycles. The summed E-state index contributed by atoms with van der Waals surface area (Å²) in [6.07, 6.45) is 1.70. The van der Waals surface area contributed by atoms with E-state index in [0.717, 1.165) is 5.69 Å². The Labute approximate surface area is 150 Å². The van der Waals surface area contributed by atoms with Crippen molar-refractivity contribution in [2.75, 3.05) is 21.3 Å². The third-order valence-electron chi connectivity index (χ3n) is 3.72. The van der Waals surface area contributed by atoms with E-state index in [4.69, 9.17) is 23.5 Å². The van der Waals surface area contributed by atoms with E-state index >= 15 is 0 Å². The van der Waals surface area contributed by atoms with Crippen LogP contribution in [0.4, 0.5) is 0 Å². The summed E-state index contributed by atoms with van der Waals surface area (Å²) in [5.74, 6) is 2.83. The van der Waals surface area contributed by atoms with Crippen LogP contribution in [0.25, 0.3) is 11.4 Å². The molecule has 3 aromatic rings. The van der Waals surface area contributed by atoms with Crippen LogP contribution in [0.5, 0.6) is 23.0 Å². The van der Waals surface area contributed by atoms with Crippen LogP contribution in [0, 0.1) is 6.92 Å². The second kappa shape index (κ2) is 7.73. The highest BCUT2D eigenvalue weighted by Gasteiger charge is 2.20. The van der Waals surface area contributed by atoms with Crippen LogP contribution < -0.4 is 18.9 Å². The van der Waals surface area contributed by atoms with E-state index in [1.54, 1.807) is 31.5 Å². The monoisotopic (exact) mass is 357 g/mol. The number of methoxy groups -OCH3 is 3. The zero-order valence-corrected chi connectivity index (χ0v) is 15.0. The fraction of sp³-hybridized carbons (Fsp3) is 0.278. The summed E-state index contributed by atoms with van der Waals surface area (Å²) >= 11 is 0. The van der Waals surface area contributed by atoms with Gasteiger partial charge in [0.2, 0.25) is 11.6 Å². The van der Waals surface area contributed by atoms with E-state index in [0.29, 0.717) is 40.3 Å². The molecule has 3 rings (SSSR count). The van der Waals surface area contributed by atoms with Crippen LogP contribution in [-0.4, -0.2) is 36.5 Å². The minimum Gasteiger partial charge on any atom is -0.493 e. The van der Waals surface area contributed by atoms with Crippen molar-refractivity contribution in [1.82, 2.24) is 15.1 Å². The SMILES string of the molecule is COc1ccc(-c2noc(COc3cccnc3C)n2)c(OC)c1OC. The second-order valence-corrected chi connectivity index (χ2v) is 5.27. The molecule has 0 aliphatic carbocycles. The summed E-state index contributed by atoms with van der Waals surface area (Å²) < 4.78 is 27.1. The lowest BCUT2D eigenvalue weighted by Crippen LogP contribution is -1.99. The highest BCUT2D eigenvalue weighted by molar-refractivity contribution is 5.71. The van der Waals surface area contributed by atoms with Crippen LogP contribution in [0.1, 0.15) is 11.6 Å². The van der Waals surface area contributed by atoms with Crippen molar-refractivity contribution in [3.05, 3.63) is 42.0 Å². The number of nitrogens with zero attached hydrogens (tertiary/aromatic N) is 3. The minimum atomic E-state index is 0.134. The molecule has 2 heterocycles. The Morgan fingerprint density at radius 1 is 0.962 bits per heavy atom. The lowest BCUT2D eigenvalue weighted by Gasteiger charge is -2.13. The summed E-state index contributed by atoms with van der Waals surface area (Å²) in [6.45, 7) is 2.00. The van der Waals surface area contributed by atoms with Crippen molar-refractivity contribution >= 4 is 0 Å². The van der Waals surface area contributed by atoms with Crippen LogP contribution in [-0.2, 0) is 6.61 Å². The van der Waals surface area contributed by atoms with Crippen LogP contribution in [0.15, 0.2) is 35.0 Å². The fourth-order valence-corrected chi connectivity index (χ4v) is 2.46. The number of hydrogen-bond acceptors (Lipinski definition) is 8. The number of rotatable bonds is 7. The van der Waals surface area contributed by atoms with Crippen molar-refractivity contribution in [2.24, 2.45) is 0 Å². The van der Waals surface area contributed by atoms with Gasteiger partial charge in [0, 0.05) is 6.20 Å². The van der Waals surface area contributed by atoms with Gasteiger partial charge in [-0.2, -0.15) is 4.98 Å². The van der Waals surface area contributed by atoms with Gasteiger partial charge in [0.1, 0.15) is 5.75 Å². The number of pyridine rings is 1. The van der Waals surface area contributed by atoms with Gasteiger partial charge in [-0.15, -0.1) is 0 Å². The van der Waals surface area contributed by atoms with Crippen molar-refractivity contribution in [3.63, 3.8) is 0 Å². The van der Waals surface area contributed by atoms with E-state index in [-0.39, 0.29) is 6.61 Å². The van der Waals surface area contributed by atoms with Gasteiger partial charge < -0.3 is 23.5 Å². The van der Waals surface area contributed by atoms with Crippen LogP contribution in [0.3, 0.4) is 0 Å². The Balaban J connectivity index is 1.85. The lowest BCUT2D eigenvalue weighted by molar-refractivity contribution is 0.241. The first kappa shape index (κ1) is 17.5. The average Bonchev–Trinajstić information content (AvgIpc) is 3.14. The van der Waals surface area contributed by atoms with Gasteiger partial charge in [-0.05, 0) is 31.2 Å². The van der Waals surface area contributed by atoms with E-state index < -0.39 is 0 Å². The molecule has 0 aliphatic rings.